The molecule has 1 atom stereocenters. The molecule has 178 valence electrons. The number of hydrogen-bond acceptors (Lipinski definition) is 4. The van der Waals surface area contributed by atoms with Crippen molar-refractivity contribution in [2.45, 2.75) is 51.1 Å². The van der Waals surface area contributed by atoms with E-state index in [0.717, 1.165) is 29.7 Å². The Hall–Kier alpha value is -2.64. The molecule has 7 heteroatoms. The number of nitrogens with zero attached hydrogens (tertiary/aromatic N) is 2. The van der Waals surface area contributed by atoms with Crippen LogP contribution in [-0.2, 0) is 21.4 Å². The van der Waals surface area contributed by atoms with Gasteiger partial charge in [0.05, 0.1) is 12.0 Å². The lowest BCUT2D eigenvalue weighted by Crippen LogP contribution is -2.38. The van der Waals surface area contributed by atoms with Crippen molar-refractivity contribution in [3.63, 3.8) is 0 Å². The topological polar surface area (TPSA) is 66.9 Å². The first-order valence-corrected chi connectivity index (χ1v) is 13.0. The molecular formula is C26H34N2O4S. The van der Waals surface area contributed by atoms with Crippen molar-refractivity contribution in [1.29, 1.82) is 0 Å². The van der Waals surface area contributed by atoms with Crippen LogP contribution in [0.3, 0.4) is 0 Å². The molecule has 1 unspecified atom stereocenters. The van der Waals surface area contributed by atoms with Gasteiger partial charge in [-0.25, -0.2) is 8.42 Å². The molecule has 0 N–H and O–H groups in total. The van der Waals surface area contributed by atoms with Crippen molar-refractivity contribution in [2.24, 2.45) is 5.92 Å². The van der Waals surface area contributed by atoms with Gasteiger partial charge in [0.1, 0.15) is 5.75 Å². The van der Waals surface area contributed by atoms with Crippen LogP contribution in [0.25, 0.3) is 6.08 Å². The third-order valence-corrected chi connectivity index (χ3v) is 8.30. The maximum atomic E-state index is 13.1. The molecule has 1 aliphatic carbocycles. The van der Waals surface area contributed by atoms with E-state index in [2.05, 4.69) is 6.92 Å². The zero-order chi connectivity index (χ0) is 24.0. The lowest BCUT2D eigenvalue weighted by molar-refractivity contribution is -0.129. The maximum Gasteiger partial charge on any atom is 0.247 e. The molecule has 1 fully saturated rings. The number of benzene rings is 2. The van der Waals surface area contributed by atoms with Gasteiger partial charge in [0.15, 0.2) is 0 Å². The molecule has 33 heavy (non-hydrogen) atoms. The highest BCUT2D eigenvalue weighted by Crippen LogP contribution is 2.36. The van der Waals surface area contributed by atoms with E-state index < -0.39 is 10.0 Å². The van der Waals surface area contributed by atoms with Crippen molar-refractivity contribution in [3.8, 4) is 5.75 Å². The van der Waals surface area contributed by atoms with E-state index >= 15 is 0 Å². The minimum absolute atomic E-state index is 0.0509. The van der Waals surface area contributed by atoms with Crippen LogP contribution in [0.4, 0.5) is 0 Å². The van der Waals surface area contributed by atoms with Gasteiger partial charge in [-0.1, -0.05) is 38.1 Å². The Morgan fingerprint density at radius 1 is 1.06 bits per heavy atom. The molecule has 1 saturated carbocycles. The van der Waals surface area contributed by atoms with E-state index in [1.807, 2.05) is 43.0 Å². The number of carbonyl (C=O) groups excluding carboxylic acids is 1. The molecule has 1 amide bonds. The first-order valence-electron chi connectivity index (χ1n) is 11.5. The van der Waals surface area contributed by atoms with Crippen LogP contribution in [0.1, 0.15) is 44.7 Å². The number of ether oxygens (including phenoxy) is 1. The average molecular weight is 471 g/mol. The first-order chi connectivity index (χ1) is 15.8. The smallest absolute Gasteiger partial charge is 0.247 e. The summed E-state index contributed by atoms with van der Waals surface area (Å²) in [6.45, 7) is 7.15. The number of carbonyl (C=O) groups is 1. The van der Waals surface area contributed by atoms with Gasteiger partial charge in [0, 0.05) is 31.8 Å². The Bertz CT molecular complexity index is 1050. The molecule has 0 saturated heterocycles. The highest BCUT2D eigenvalue weighted by atomic mass is 32.2. The minimum Gasteiger partial charge on any atom is -0.497 e. The number of amides is 1. The molecule has 0 aromatic heterocycles. The highest BCUT2D eigenvalue weighted by molar-refractivity contribution is 7.89. The largest absolute Gasteiger partial charge is 0.497 e. The second-order valence-corrected chi connectivity index (χ2v) is 10.3. The number of hydrogen-bond donors (Lipinski definition) is 0. The van der Waals surface area contributed by atoms with Gasteiger partial charge in [-0.15, -0.1) is 0 Å². The lowest BCUT2D eigenvalue weighted by Gasteiger charge is -2.28. The molecule has 0 radical (unpaired) electrons. The molecule has 2 aromatic rings. The number of rotatable bonds is 11. The number of sulfonamides is 1. The van der Waals surface area contributed by atoms with Crippen LogP contribution in [0.2, 0.25) is 0 Å². The Morgan fingerprint density at radius 2 is 1.67 bits per heavy atom. The second-order valence-electron chi connectivity index (χ2n) is 8.38. The summed E-state index contributed by atoms with van der Waals surface area (Å²) in [5.74, 6) is 1.29. The normalized spacial score (nSPS) is 15.1. The summed E-state index contributed by atoms with van der Waals surface area (Å²) in [6.07, 6.45) is 5.63. The van der Waals surface area contributed by atoms with Crippen LogP contribution in [0.15, 0.2) is 59.5 Å². The van der Waals surface area contributed by atoms with E-state index in [-0.39, 0.29) is 16.8 Å². The number of methoxy groups -OCH3 is 1. The molecule has 3 rings (SSSR count). The van der Waals surface area contributed by atoms with E-state index in [9.17, 15) is 13.2 Å². The summed E-state index contributed by atoms with van der Waals surface area (Å²) in [4.78, 5) is 15.3. The van der Waals surface area contributed by atoms with Gasteiger partial charge in [-0.3, -0.25) is 4.79 Å². The summed E-state index contributed by atoms with van der Waals surface area (Å²) >= 11 is 0. The summed E-state index contributed by atoms with van der Waals surface area (Å²) in [5.41, 5.74) is 1.83. The maximum absolute atomic E-state index is 13.1. The molecule has 1 aliphatic rings. The second kappa shape index (κ2) is 11.0. The fourth-order valence-corrected chi connectivity index (χ4v) is 5.37. The molecule has 0 bridgehead atoms. The highest BCUT2D eigenvalue weighted by Gasteiger charge is 2.33. The minimum atomic E-state index is -3.49. The van der Waals surface area contributed by atoms with Crippen LogP contribution < -0.4 is 4.74 Å². The Kier molecular flexibility index (Phi) is 8.32. The van der Waals surface area contributed by atoms with E-state index in [1.165, 1.54) is 4.31 Å². The zero-order valence-corrected chi connectivity index (χ0v) is 20.7. The molecule has 0 heterocycles. The quantitative estimate of drug-likeness (QED) is 0.451. The van der Waals surface area contributed by atoms with Crippen molar-refractivity contribution in [1.82, 2.24) is 9.21 Å². The SMILES string of the molecule is CCN(CC)S(=O)(=O)c1ccc(/C=C/C(=O)N(Cc2ccc(OC)cc2)C(C)C2CC2)cc1. The average Bonchev–Trinajstić information content (AvgIpc) is 3.67. The van der Waals surface area contributed by atoms with E-state index in [4.69, 9.17) is 4.74 Å². The first kappa shape index (κ1) is 25.0. The van der Waals surface area contributed by atoms with Gasteiger partial charge in [-0.2, -0.15) is 4.31 Å². The van der Waals surface area contributed by atoms with Crippen LogP contribution in [0, 0.1) is 5.92 Å². The predicted molar refractivity (Wildman–Crippen MR) is 131 cm³/mol. The van der Waals surface area contributed by atoms with E-state index in [0.29, 0.717) is 25.6 Å². The zero-order valence-electron chi connectivity index (χ0n) is 19.9. The monoisotopic (exact) mass is 470 g/mol. The Balaban J connectivity index is 1.73. The van der Waals surface area contributed by atoms with Crippen molar-refractivity contribution < 1.29 is 17.9 Å². The van der Waals surface area contributed by atoms with Crippen molar-refractivity contribution >= 4 is 22.0 Å². The fourth-order valence-electron chi connectivity index (χ4n) is 3.91. The van der Waals surface area contributed by atoms with Crippen molar-refractivity contribution in [2.75, 3.05) is 20.2 Å². The molecular weight excluding hydrogens is 436 g/mol. The molecule has 0 aliphatic heterocycles. The Labute approximate surface area is 197 Å². The Morgan fingerprint density at radius 3 is 2.18 bits per heavy atom. The third kappa shape index (κ3) is 6.24. The summed E-state index contributed by atoms with van der Waals surface area (Å²) < 4.78 is 32.0. The summed E-state index contributed by atoms with van der Waals surface area (Å²) in [6, 6.07) is 14.6. The lowest BCUT2D eigenvalue weighted by atomic mass is 10.1. The van der Waals surface area contributed by atoms with Gasteiger partial charge in [-0.05, 0) is 67.2 Å². The van der Waals surface area contributed by atoms with Crippen LogP contribution in [0.5, 0.6) is 5.75 Å². The predicted octanol–water partition coefficient (Wildman–Crippen LogP) is 4.57. The van der Waals surface area contributed by atoms with Gasteiger partial charge >= 0.3 is 0 Å². The van der Waals surface area contributed by atoms with Crippen LogP contribution >= 0.6 is 0 Å². The van der Waals surface area contributed by atoms with Crippen molar-refractivity contribution in [3.05, 3.63) is 65.7 Å². The van der Waals surface area contributed by atoms with Gasteiger partial charge in [0.25, 0.3) is 0 Å². The molecule has 2 aromatic carbocycles. The third-order valence-electron chi connectivity index (χ3n) is 6.23. The standard InChI is InChI=1S/C26H34N2O4S/c1-5-27(6-2)33(30,31)25-16-9-21(10-17-25)11-18-26(29)28(20(3)23-12-13-23)19-22-7-14-24(32-4)15-8-22/h7-11,14-18,20,23H,5-6,12-13,19H2,1-4H3/b18-11+. The summed E-state index contributed by atoms with van der Waals surface area (Å²) in [7, 11) is -1.86. The fraction of sp³-hybridized carbons (Fsp3) is 0.423. The van der Waals surface area contributed by atoms with Gasteiger partial charge in [0.2, 0.25) is 15.9 Å². The van der Waals surface area contributed by atoms with E-state index in [1.54, 1.807) is 43.5 Å². The molecule has 0 spiro atoms. The summed E-state index contributed by atoms with van der Waals surface area (Å²) in [5, 5.41) is 0. The molecule has 6 nitrogen and oxygen atoms in total. The van der Waals surface area contributed by atoms with Gasteiger partial charge < -0.3 is 9.64 Å². The van der Waals surface area contributed by atoms with Crippen LogP contribution in [-0.4, -0.2) is 49.8 Å².